The van der Waals surface area contributed by atoms with Crippen LogP contribution in [0.3, 0.4) is 0 Å². The van der Waals surface area contributed by atoms with E-state index in [0.717, 1.165) is 18.4 Å². The minimum absolute atomic E-state index is 0.144. The van der Waals surface area contributed by atoms with Gasteiger partial charge in [-0.1, -0.05) is 44.2 Å². The first-order valence-electron chi connectivity index (χ1n) is 7.39. The molecule has 1 aromatic carbocycles. The highest BCUT2D eigenvalue weighted by Crippen LogP contribution is 2.72. The molecule has 0 spiro atoms. The third kappa shape index (κ3) is 2.36. The predicted octanol–water partition coefficient (Wildman–Crippen LogP) is 3.83. The van der Waals surface area contributed by atoms with E-state index < -0.39 is 13.5 Å². The van der Waals surface area contributed by atoms with E-state index in [0.29, 0.717) is 17.5 Å². The second kappa shape index (κ2) is 4.98. The summed E-state index contributed by atoms with van der Waals surface area (Å²) < 4.78 is 18.6. The van der Waals surface area contributed by atoms with Crippen molar-refractivity contribution in [2.75, 3.05) is 12.8 Å². The van der Waals surface area contributed by atoms with E-state index in [1.807, 2.05) is 30.3 Å². The summed E-state index contributed by atoms with van der Waals surface area (Å²) in [6.45, 7) is 4.65. The lowest BCUT2D eigenvalue weighted by molar-refractivity contribution is 0.0734. The molecule has 1 aliphatic heterocycles. The van der Waals surface area contributed by atoms with Gasteiger partial charge in [-0.15, -0.1) is 0 Å². The van der Waals surface area contributed by atoms with Crippen LogP contribution in [0, 0.1) is 11.3 Å². The molecule has 4 heteroatoms. The number of hydrogen-bond donors (Lipinski definition) is 1. The van der Waals surface area contributed by atoms with Crippen LogP contribution in [0.1, 0.15) is 38.4 Å². The normalized spacial score (nSPS) is 36.1. The molecule has 0 aromatic heterocycles. The van der Waals surface area contributed by atoms with Crippen molar-refractivity contribution >= 4 is 7.37 Å². The van der Waals surface area contributed by atoms with E-state index in [9.17, 15) is 9.67 Å². The molecular weight excluding hydrogens is 271 g/mol. The van der Waals surface area contributed by atoms with Crippen molar-refractivity contribution in [2.24, 2.45) is 11.3 Å². The minimum Gasteiger partial charge on any atom is -0.386 e. The van der Waals surface area contributed by atoms with Gasteiger partial charge in [-0.2, -0.15) is 0 Å². The third-order valence-electron chi connectivity index (χ3n) is 5.10. The fourth-order valence-corrected chi connectivity index (χ4v) is 7.34. The Morgan fingerprint density at radius 2 is 2.10 bits per heavy atom. The largest absolute Gasteiger partial charge is 0.386 e. The Morgan fingerprint density at radius 1 is 1.40 bits per heavy atom. The van der Waals surface area contributed by atoms with Crippen molar-refractivity contribution in [3.05, 3.63) is 35.9 Å². The number of benzene rings is 1. The number of fused-ring (bicyclic) bond motifs is 1. The van der Waals surface area contributed by atoms with Gasteiger partial charge in [0.05, 0.1) is 6.61 Å². The standard InChI is InChI=1S/C16H23O3P/c1-16(2)10-15-13(16)8-9-20(15,18)19-11-14(17)12-6-4-3-5-7-12/h3-7,13-15,17H,8-11H2,1-2H3/t13-,14?,15-,20?/m1/s1. The third-order valence-corrected chi connectivity index (χ3v) is 8.12. The van der Waals surface area contributed by atoms with Gasteiger partial charge in [0.25, 0.3) is 0 Å². The first-order valence-corrected chi connectivity index (χ1v) is 9.27. The molecule has 3 rings (SSSR count). The summed E-state index contributed by atoms with van der Waals surface area (Å²) in [6.07, 6.45) is 2.01. The maximum atomic E-state index is 12.9. The first-order chi connectivity index (χ1) is 9.42. The van der Waals surface area contributed by atoms with Crippen molar-refractivity contribution in [1.82, 2.24) is 0 Å². The Kier molecular flexibility index (Phi) is 3.56. The Balaban J connectivity index is 1.61. The number of aliphatic hydroxyl groups is 1. The van der Waals surface area contributed by atoms with Gasteiger partial charge < -0.3 is 9.63 Å². The quantitative estimate of drug-likeness (QED) is 0.858. The number of hydrogen-bond acceptors (Lipinski definition) is 3. The molecule has 4 atom stereocenters. The van der Waals surface area contributed by atoms with E-state index in [2.05, 4.69) is 13.8 Å². The zero-order chi connectivity index (χ0) is 14.4. The average Bonchev–Trinajstić information content (AvgIpc) is 2.71. The summed E-state index contributed by atoms with van der Waals surface area (Å²) in [5.74, 6) is 0.544. The maximum absolute atomic E-state index is 12.9. The highest BCUT2D eigenvalue weighted by Gasteiger charge is 2.59. The Hall–Kier alpha value is -0.630. The minimum atomic E-state index is -2.54. The lowest BCUT2D eigenvalue weighted by Crippen LogP contribution is -2.44. The molecule has 3 nitrogen and oxygen atoms in total. The second-order valence-corrected chi connectivity index (χ2v) is 9.65. The second-order valence-electron chi connectivity index (χ2n) is 6.83. The van der Waals surface area contributed by atoms with Crippen molar-refractivity contribution in [3.63, 3.8) is 0 Å². The summed E-state index contributed by atoms with van der Waals surface area (Å²) in [7, 11) is -2.54. The monoisotopic (exact) mass is 294 g/mol. The van der Waals surface area contributed by atoms with Crippen LogP contribution in [-0.2, 0) is 9.09 Å². The summed E-state index contributed by atoms with van der Waals surface area (Å²) in [5.41, 5.74) is 1.38. The topological polar surface area (TPSA) is 46.5 Å². The van der Waals surface area contributed by atoms with Crippen LogP contribution in [0.15, 0.2) is 30.3 Å². The van der Waals surface area contributed by atoms with Crippen LogP contribution in [0.2, 0.25) is 0 Å². The molecular formula is C16H23O3P. The van der Waals surface area contributed by atoms with Gasteiger partial charge in [0.15, 0.2) is 0 Å². The van der Waals surface area contributed by atoms with Crippen molar-refractivity contribution in [2.45, 2.75) is 38.5 Å². The van der Waals surface area contributed by atoms with Crippen LogP contribution in [0.25, 0.3) is 0 Å². The molecule has 1 N–H and O–H groups in total. The van der Waals surface area contributed by atoms with E-state index in [1.165, 1.54) is 0 Å². The van der Waals surface area contributed by atoms with E-state index >= 15 is 0 Å². The SMILES string of the molecule is CC1(C)C[C@@H]2[C@H]1CCP2(=O)OCC(O)c1ccccc1. The van der Waals surface area contributed by atoms with Crippen LogP contribution in [0.5, 0.6) is 0 Å². The molecule has 1 aromatic rings. The zero-order valence-electron chi connectivity index (χ0n) is 12.2. The highest BCUT2D eigenvalue weighted by atomic mass is 31.2. The fraction of sp³-hybridized carbons (Fsp3) is 0.625. The average molecular weight is 294 g/mol. The van der Waals surface area contributed by atoms with E-state index in [-0.39, 0.29) is 12.3 Å². The first kappa shape index (κ1) is 14.3. The van der Waals surface area contributed by atoms with Crippen molar-refractivity contribution in [1.29, 1.82) is 0 Å². The lowest BCUT2D eigenvalue weighted by Gasteiger charge is -2.49. The molecule has 1 saturated carbocycles. The summed E-state index contributed by atoms with van der Waals surface area (Å²) in [5, 5.41) is 10.1. The van der Waals surface area contributed by atoms with Gasteiger partial charge in [0.1, 0.15) is 6.10 Å². The molecule has 1 heterocycles. The molecule has 1 aliphatic carbocycles. The molecule has 0 bridgehead atoms. The van der Waals surface area contributed by atoms with Gasteiger partial charge in [-0.05, 0) is 29.7 Å². The number of aliphatic hydroxyl groups excluding tert-OH is 1. The zero-order valence-corrected chi connectivity index (χ0v) is 13.1. The highest BCUT2D eigenvalue weighted by molar-refractivity contribution is 7.60. The van der Waals surface area contributed by atoms with Crippen LogP contribution < -0.4 is 0 Å². The Bertz CT molecular complexity index is 526. The lowest BCUT2D eigenvalue weighted by atomic mass is 9.61. The molecule has 2 aliphatic rings. The van der Waals surface area contributed by atoms with Crippen LogP contribution in [-0.4, -0.2) is 23.5 Å². The summed E-state index contributed by atoms with van der Waals surface area (Å²) >= 11 is 0. The number of rotatable bonds is 4. The smallest absolute Gasteiger partial charge is 0.206 e. The molecule has 2 fully saturated rings. The Labute approximate surface area is 120 Å². The molecule has 2 unspecified atom stereocenters. The van der Waals surface area contributed by atoms with E-state index in [1.54, 1.807) is 0 Å². The molecule has 110 valence electrons. The van der Waals surface area contributed by atoms with Gasteiger partial charge in [0.2, 0.25) is 7.37 Å². The maximum Gasteiger partial charge on any atom is 0.206 e. The van der Waals surface area contributed by atoms with Crippen molar-refractivity contribution < 1.29 is 14.2 Å². The van der Waals surface area contributed by atoms with Crippen LogP contribution in [0.4, 0.5) is 0 Å². The van der Waals surface area contributed by atoms with Crippen LogP contribution >= 0.6 is 7.37 Å². The van der Waals surface area contributed by atoms with Gasteiger partial charge in [0, 0.05) is 11.8 Å². The van der Waals surface area contributed by atoms with Crippen molar-refractivity contribution in [3.8, 4) is 0 Å². The molecule has 1 saturated heterocycles. The summed E-state index contributed by atoms with van der Waals surface area (Å²) in [6, 6.07) is 9.43. The predicted molar refractivity (Wildman–Crippen MR) is 80.1 cm³/mol. The van der Waals surface area contributed by atoms with Gasteiger partial charge >= 0.3 is 0 Å². The fourth-order valence-electron chi connectivity index (χ4n) is 3.80. The molecule has 20 heavy (non-hydrogen) atoms. The van der Waals surface area contributed by atoms with Gasteiger partial charge in [-0.25, -0.2) is 0 Å². The molecule has 0 amide bonds. The van der Waals surface area contributed by atoms with E-state index in [4.69, 9.17) is 4.52 Å². The summed E-state index contributed by atoms with van der Waals surface area (Å²) in [4.78, 5) is 0. The molecule has 0 radical (unpaired) electrons. The van der Waals surface area contributed by atoms with Gasteiger partial charge in [-0.3, -0.25) is 4.57 Å². The Morgan fingerprint density at radius 3 is 2.70 bits per heavy atom.